The Bertz CT molecular complexity index is 1080. The molecule has 2 aromatic carbocycles. The average Bonchev–Trinajstić information content (AvgIpc) is 2.75. The van der Waals surface area contributed by atoms with Crippen LogP contribution < -0.4 is 9.46 Å². The quantitative estimate of drug-likeness (QED) is 0.547. The van der Waals surface area contributed by atoms with E-state index < -0.39 is 10.0 Å². The second kappa shape index (κ2) is 8.81. The third kappa shape index (κ3) is 4.13. The van der Waals surface area contributed by atoms with Gasteiger partial charge < -0.3 is 9.47 Å². The van der Waals surface area contributed by atoms with Crippen molar-refractivity contribution < 1.29 is 17.9 Å². The fourth-order valence-electron chi connectivity index (χ4n) is 6.19. The van der Waals surface area contributed by atoms with E-state index in [0.717, 1.165) is 23.2 Å². The van der Waals surface area contributed by atoms with Crippen molar-refractivity contribution in [1.29, 1.82) is 0 Å². The smallest absolute Gasteiger partial charge is 0.261 e. The lowest BCUT2D eigenvalue weighted by molar-refractivity contribution is 0.0675. The van der Waals surface area contributed by atoms with Gasteiger partial charge in [0.05, 0.1) is 24.8 Å². The Kier molecular flexibility index (Phi) is 6.26. The van der Waals surface area contributed by atoms with Gasteiger partial charge in [0.1, 0.15) is 11.5 Å². The third-order valence-electron chi connectivity index (χ3n) is 7.19. The minimum atomic E-state index is -3.69. The van der Waals surface area contributed by atoms with Gasteiger partial charge in [-0.3, -0.25) is 4.72 Å². The van der Waals surface area contributed by atoms with E-state index in [4.69, 9.17) is 9.47 Å². The largest absolute Gasteiger partial charge is 0.497 e. The lowest BCUT2D eigenvalue weighted by Crippen LogP contribution is -2.40. The highest BCUT2D eigenvalue weighted by Gasteiger charge is 2.46. The Morgan fingerprint density at radius 2 is 1.53 bits per heavy atom. The summed E-state index contributed by atoms with van der Waals surface area (Å²) in [5.41, 5.74) is 2.77. The third-order valence-corrected chi connectivity index (χ3v) is 8.59. The topological polar surface area (TPSA) is 64.6 Å². The molecule has 2 aromatic rings. The van der Waals surface area contributed by atoms with Crippen LogP contribution in [0, 0.1) is 23.7 Å². The van der Waals surface area contributed by atoms with Crippen LogP contribution in [0.2, 0.25) is 0 Å². The summed E-state index contributed by atoms with van der Waals surface area (Å²) in [5.74, 6) is 4.39. The highest BCUT2D eigenvalue weighted by atomic mass is 32.2. The lowest BCUT2D eigenvalue weighted by Gasteiger charge is -2.51. The molecule has 0 radical (unpaired) electrons. The van der Waals surface area contributed by atoms with Crippen molar-refractivity contribution in [1.82, 2.24) is 0 Å². The van der Waals surface area contributed by atoms with Crippen LogP contribution in [0.4, 0.5) is 5.69 Å². The molecule has 172 valence electrons. The maximum Gasteiger partial charge on any atom is 0.261 e. The van der Waals surface area contributed by atoms with Crippen molar-refractivity contribution in [2.75, 3.05) is 18.9 Å². The first-order chi connectivity index (χ1) is 15.0. The van der Waals surface area contributed by atoms with Gasteiger partial charge in [-0.15, -0.1) is 0 Å². The van der Waals surface area contributed by atoms with Gasteiger partial charge >= 0.3 is 0 Å². The van der Waals surface area contributed by atoms with Gasteiger partial charge in [-0.1, -0.05) is 25.6 Å². The van der Waals surface area contributed by atoms with Crippen LogP contribution in [0.15, 0.2) is 59.0 Å². The number of allylic oxidation sites excluding steroid dienone is 1. The molecule has 6 heteroatoms. The fourth-order valence-corrected chi connectivity index (χ4v) is 7.25. The van der Waals surface area contributed by atoms with E-state index in [1.54, 1.807) is 50.6 Å². The van der Waals surface area contributed by atoms with Crippen molar-refractivity contribution in [2.45, 2.75) is 44.4 Å². The summed E-state index contributed by atoms with van der Waals surface area (Å²) in [6, 6.07) is 13.9. The lowest BCUT2D eigenvalue weighted by atomic mass is 9.54. The average molecular weight is 456 g/mol. The molecule has 4 aliphatic rings. The second-order valence-electron chi connectivity index (χ2n) is 9.16. The summed E-state index contributed by atoms with van der Waals surface area (Å²) >= 11 is 0. The normalized spacial score (nSPS) is 25.8. The molecular formula is C26H33NO4S. The summed E-state index contributed by atoms with van der Waals surface area (Å²) in [7, 11) is -0.374. The fraction of sp³-hybridized carbons (Fsp3) is 0.462. The number of methoxy groups -OCH3 is 2. The van der Waals surface area contributed by atoms with Crippen molar-refractivity contribution in [3.8, 4) is 5.75 Å². The van der Waals surface area contributed by atoms with Crippen LogP contribution in [0.1, 0.15) is 45.1 Å². The molecule has 4 aliphatic carbocycles. The molecular weight excluding hydrogens is 422 g/mol. The predicted molar refractivity (Wildman–Crippen MR) is 128 cm³/mol. The summed E-state index contributed by atoms with van der Waals surface area (Å²) < 4.78 is 39.9. The number of nitrogens with one attached hydrogen (secondary N) is 1. The van der Waals surface area contributed by atoms with Gasteiger partial charge in [-0.25, -0.2) is 8.42 Å². The van der Waals surface area contributed by atoms with E-state index in [9.17, 15) is 8.42 Å². The van der Waals surface area contributed by atoms with Gasteiger partial charge in [0.2, 0.25) is 0 Å². The molecule has 0 aromatic heterocycles. The summed E-state index contributed by atoms with van der Waals surface area (Å²) in [4.78, 5) is 0.228. The summed E-state index contributed by atoms with van der Waals surface area (Å²) in [6.07, 6.45) is 6.42. The van der Waals surface area contributed by atoms with Gasteiger partial charge in [0, 0.05) is 11.6 Å². The Morgan fingerprint density at radius 3 is 2.09 bits per heavy atom. The summed E-state index contributed by atoms with van der Waals surface area (Å²) in [5, 5.41) is 0. The van der Waals surface area contributed by atoms with Crippen molar-refractivity contribution in [2.24, 2.45) is 23.7 Å². The highest BCUT2D eigenvalue weighted by Crippen LogP contribution is 2.58. The van der Waals surface area contributed by atoms with Crippen LogP contribution in [-0.2, 0) is 14.8 Å². The molecule has 0 spiro atoms. The number of rotatable bonds is 6. The van der Waals surface area contributed by atoms with Gasteiger partial charge in [-0.2, -0.15) is 0 Å². The minimum Gasteiger partial charge on any atom is -0.497 e. The maximum atomic E-state index is 12.9. The van der Waals surface area contributed by atoms with Gasteiger partial charge in [-0.05, 0) is 85.6 Å². The molecule has 0 atom stereocenters. The first-order valence-electron chi connectivity index (χ1n) is 11.0. The number of hydrogen-bond donors (Lipinski definition) is 1. The Hall–Kier alpha value is -2.47. The van der Waals surface area contributed by atoms with Crippen LogP contribution in [0.3, 0.4) is 0 Å². The number of benzene rings is 2. The zero-order chi connectivity index (χ0) is 21.6. The molecule has 4 fully saturated rings. The van der Waals surface area contributed by atoms with E-state index in [0.29, 0.717) is 23.3 Å². The minimum absolute atomic E-state index is 0. The van der Waals surface area contributed by atoms with Crippen LogP contribution >= 0.6 is 0 Å². The summed E-state index contributed by atoms with van der Waals surface area (Å²) in [6.45, 7) is 0. The van der Waals surface area contributed by atoms with Gasteiger partial charge in [0.15, 0.2) is 0 Å². The maximum absolute atomic E-state index is 12.9. The molecule has 5 nitrogen and oxygen atoms in total. The molecule has 4 saturated carbocycles. The molecule has 0 aliphatic heterocycles. The number of ether oxygens (including phenoxy) is 2. The Labute approximate surface area is 191 Å². The van der Waals surface area contributed by atoms with Crippen LogP contribution in [-0.4, -0.2) is 22.6 Å². The van der Waals surface area contributed by atoms with Crippen molar-refractivity contribution in [3.05, 3.63) is 59.7 Å². The molecule has 0 heterocycles. The first kappa shape index (κ1) is 22.7. The molecule has 6 rings (SSSR count). The van der Waals surface area contributed by atoms with Crippen molar-refractivity contribution in [3.63, 3.8) is 0 Å². The number of sulfonamides is 1. The molecule has 0 saturated heterocycles. The second-order valence-corrected chi connectivity index (χ2v) is 10.8. The number of anilines is 1. The Morgan fingerprint density at radius 1 is 0.906 bits per heavy atom. The molecule has 4 bridgehead atoms. The van der Waals surface area contributed by atoms with E-state index in [1.807, 2.05) is 12.1 Å². The highest BCUT2D eigenvalue weighted by molar-refractivity contribution is 7.92. The van der Waals surface area contributed by atoms with E-state index >= 15 is 0 Å². The monoisotopic (exact) mass is 455 g/mol. The standard InChI is InChI=1S/C25H29NO4S.CH4/c1-29-22-14-20(13-21(15-22)26-31(27,28)23-6-4-3-5-7-23)25(30-2)24-18-9-16-8-17(11-18)12-19(24)10-16;/h3-7,13-19,26H,8-12H2,1-2H3;1H4. The van der Waals surface area contributed by atoms with E-state index in [1.165, 1.54) is 37.7 Å². The Balaban J connectivity index is 0.00000245. The van der Waals surface area contributed by atoms with Gasteiger partial charge in [0.25, 0.3) is 10.0 Å². The first-order valence-corrected chi connectivity index (χ1v) is 12.5. The predicted octanol–water partition coefficient (Wildman–Crippen LogP) is 5.95. The van der Waals surface area contributed by atoms with Crippen LogP contribution in [0.5, 0.6) is 5.75 Å². The van der Waals surface area contributed by atoms with E-state index in [-0.39, 0.29) is 12.3 Å². The number of hydrogen-bond acceptors (Lipinski definition) is 4. The molecule has 0 unspecified atom stereocenters. The van der Waals surface area contributed by atoms with Crippen molar-refractivity contribution >= 4 is 21.5 Å². The zero-order valence-corrected chi connectivity index (χ0v) is 18.8. The van der Waals surface area contributed by atoms with Crippen LogP contribution in [0.25, 0.3) is 5.76 Å². The molecule has 1 N–H and O–H groups in total. The SMILES string of the molecule is C.COC(=C1C2CC3CC(C2)CC1C3)c1cc(NS(=O)(=O)c2ccccc2)cc(OC)c1. The molecule has 32 heavy (non-hydrogen) atoms. The van der Waals surface area contributed by atoms with E-state index in [2.05, 4.69) is 4.72 Å². The zero-order valence-electron chi connectivity index (χ0n) is 18.0. The molecule has 0 amide bonds.